The van der Waals surface area contributed by atoms with Gasteiger partial charge in [-0.2, -0.15) is 15.0 Å². The molecule has 0 atom stereocenters. The van der Waals surface area contributed by atoms with Gasteiger partial charge in [-0.1, -0.05) is 5.21 Å². The van der Waals surface area contributed by atoms with Gasteiger partial charge in [0.25, 0.3) is 0 Å². The number of aliphatic hydroxyl groups excluding tert-OH is 1. The van der Waals surface area contributed by atoms with Crippen LogP contribution in [-0.4, -0.2) is 52.5 Å². The highest BCUT2D eigenvalue weighted by atomic mass is 16.3. The van der Waals surface area contributed by atoms with Crippen LogP contribution in [0.15, 0.2) is 36.9 Å². The maximum absolute atomic E-state index is 9.09. The second-order valence-electron chi connectivity index (χ2n) is 6.78. The molecule has 10 heteroatoms. The van der Waals surface area contributed by atoms with E-state index in [1.807, 2.05) is 19.9 Å². The molecule has 0 aliphatic carbocycles. The van der Waals surface area contributed by atoms with Crippen molar-refractivity contribution in [2.75, 3.05) is 11.9 Å². The van der Waals surface area contributed by atoms with Gasteiger partial charge in [0.2, 0.25) is 0 Å². The number of pyridine rings is 2. The molecule has 0 fully saturated rings. The van der Waals surface area contributed by atoms with Gasteiger partial charge in [-0.25, -0.2) is 14.6 Å². The Bertz CT molecular complexity index is 1200. The molecule has 0 unspecified atom stereocenters. The van der Waals surface area contributed by atoms with Crippen molar-refractivity contribution < 1.29 is 5.11 Å². The molecule has 0 radical (unpaired) electrons. The highest BCUT2D eigenvalue weighted by Crippen LogP contribution is 2.28. The fraction of sp³-hybridized carbons (Fsp3) is 0.263. The molecule has 0 amide bonds. The molecule has 0 bridgehead atoms. The Morgan fingerprint density at radius 1 is 1.21 bits per heavy atom. The first-order chi connectivity index (χ1) is 14.1. The van der Waals surface area contributed by atoms with Gasteiger partial charge in [0.15, 0.2) is 11.5 Å². The molecular weight excluding hydrogens is 370 g/mol. The Morgan fingerprint density at radius 2 is 2.07 bits per heavy atom. The van der Waals surface area contributed by atoms with Crippen molar-refractivity contribution in [3.8, 4) is 23.1 Å². The molecule has 0 aromatic carbocycles. The lowest BCUT2D eigenvalue weighted by atomic mass is 10.1. The predicted molar refractivity (Wildman–Crippen MR) is 106 cm³/mol. The fourth-order valence-electron chi connectivity index (χ4n) is 2.98. The van der Waals surface area contributed by atoms with Crippen LogP contribution in [0.1, 0.15) is 19.4 Å². The number of hydrogen-bond acceptors (Lipinski definition) is 8. The molecular formula is C19H19N9O. The van der Waals surface area contributed by atoms with Crippen LogP contribution < -0.4 is 5.32 Å². The summed E-state index contributed by atoms with van der Waals surface area (Å²) in [6, 6.07) is 5.89. The summed E-state index contributed by atoms with van der Waals surface area (Å²) >= 11 is 0. The van der Waals surface area contributed by atoms with Gasteiger partial charge in [0.05, 0.1) is 31.1 Å². The van der Waals surface area contributed by atoms with Gasteiger partial charge in [-0.3, -0.25) is 0 Å². The molecule has 0 saturated carbocycles. The summed E-state index contributed by atoms with van der Waals surface area (Å²) < 4.78 is 3.22. The van der Waals surface area contributed by atoms with Crippen molar-refractivity contribution in [1.82, 2.24) is 34.7 Å². The van der Waals surface area contributed by atoms with Crippen molar-refractivity contribution in [1.29, 1.82) is 5.26 Å². The normalized spacial score (nSPS) is 11.1. The molecule has 4 rings (SSSR count). The van der Waals surface area contributed by atoms with E-state index in [1.165, 1.54) is 6.20 Å². The van der Waals surface area contributed by atoms with Gasteiger partial charge in [0.1, 0.15) is 11.8 Å². The van der Waals surface area contributed by atoms with E-state index in [1.54, 1.807) is 34.0 Å². The van der Waals surface area contributed by atoms with E-state index in [9.17, 15) is 0 Å². The summed E-state index contributed by atoms with van der Waals surface area (Å²) in [5, 5.41) is 34.9. The Hall–Kier alpha value is -3.84. The first kappa shape index (κ1) is 18.5. The summed E-state index contributed by atoms with van der Waals surface area (Å²) in [7, 11) is 0. The van der Waals surface area contributed by atoms with Crippen molar-refractivity contribution in [3.05, 3.63) is 42.5 Å². The minimum atomic E-state index is -0.00994. The number of hydrogen-bond donors (Lipinski definition) is 2. The Labute approximate surface area is 166 Å². The second kappa shape index (κ2) is 7.65. The van der Waals surface area contributed by atoms with Crippen LogP contribution in [0.2, 0.25) is 0 Å². The third kappa shape index (κ3) is 3.63. The molecule has 0 aliphatic heterocycles. The van der Waals surface area contributed by atoms with Gasteiger partial charge < -0.3 is 10.4 Å². The predicted octanol–water partition coefficient (Wildman–Crippen LogP) is 1.76. The molecule has 0 saturated heterocycles. The zero-order chi connectivity index (χ0) is 20.4. The van der Waals surface area contributed by atoms with Gasteiger partial charge >= 0.3 is 0 Å². The van der Waals surface area contributed by atoms with Crippen LogP contribution in [-0.2, 0) is 6.54 Å². The van der Waals surface area contributed by atoms with Crippen molar-refractivity contribution in [2.45, 2.75) is 26.4 Å². The van der Waals surface area contributed by atoms with Crippen LogP contribution in [0, 0.1) is 11.3 Å². The number of nitrogens with zero attached hydrogens (tertiary/aromatic N) is 8. The Balaban J connectivity index is 1.79. The van der Waals surface area contributed by atoms with Crippen molar-refractivity contribution in [3.63, 3.8) is 0 Å². The highest BCUT2D eigenvalue weighted by Gasteiger charge is 2.15. The molecule has 146 valence electrons. The molecule has 4 heterocycles. The van der Waals surface area contributed by atoms with E-state index < -0.39 is 0 Å². The van der Waals surface area contributed by atoms with E-state index in [2.05, 4.69) is 36.8 Å². The van der Waals surface area contributed by atoms with Gasteiger partial charge in [-0.15, -0.1) is 5.10 Å². The molecule has 10 nitrogen and oxygen atoms in total. The number of rotatable bonds is 6. The number of aromatic nitrogens is 7. The molecule has 0 aliphatic rings. The molecule has 29 heavy (non-hydrogen) atoms. The van der Waals surface area contributed by atoms with E-state index in [0.717, 1.165) is 16.6 Å². The van der Waals surface area contributed by atoms with Crippen molar-refractivity contribution in [2.24, 2.45) is 0 Å². The molecule has 2 N–H and O–H groups in total. The number of anilines is 1. The van der Waals surface area contributed by atoms with Gasteiger partial charge in [-0.05, 0) is 19.9 Å². The largest absolute Gasteiger partial charge is 0.394 e. The van der Waals surface area contributed by atoms with E-state index in [-0.39, 0.29) is 12.6 Å². The minimum absolute atomic E-state index is 0.00994. The van der Waals surface area contributed by atoms with Crippen LogP contribution in [0.25, 0.3) is 28.1 Å². The zero-order valence-corrected chi connectivity index (χ0v) is 16.0. The fourth-order valence-corrected chi connectivity index (χ4v) is 2.98. The summed E-state index contributed by atoms with van der Waals surface area (Å²) in [6.07, 6.45) is 6.66. The topological polar surface area (TPSA) is 130 Å². The number of nitrogens with one attached hydrogen (secondary N) is 1. The lowest BCUT2D eigenvalue weighted by Gasteiger charge is -2.14. The highest BCUT2D eigenvalue weighted by molar-refractivity contribution is 5.79. The number of nitriles is 1. The Kier molecular flexibility index (Phi) is 4.88. The van der Waals surface area contributed by atoms with Crippen LogP contribution in [0.5, 0.6) is 0 Å². The summed E-state index contributed by atoms with van der Waals surface area (Å²) in [5.74, 6) is 0.590. The summed E-state index contributed by atoms with van der Waals surface area (Å²) in [5.41, 5.74) is 3.38. The molecule has 4 aromatic rings. The third-order valence-electron chi connectivity index (χ3n) is 4.23. The van der Waals surface area contributed by atoms with E-state index >= 15 is 0 Å². The van der Waals surface area contributed by atoms with Crippen LogP contribution >= 0.6 is 0 Å². The molecule has 0 spiro atoms. The Morgan fingerprint density at radius 3 is 2.83 bits per heavy atom. The van der Waals surface area contributed by atoms with Crippen LogP contribution in [0.4, 0.5) is 5.69 Å². The third-order valence-corrected chi connectivity index (χ3v) is 4.23. The monoisotopic (exact) mass is 389 g/mol. The summed E-state index contributed by atoms with van der Waals surface area (Å²) in [4.78, 5) is 8.89. The van der Waals surface area contributed by atoms with Crippen molar-refractivity contribution >= 4 is 16.7 Å². The maximum atomic E-state index is 9.09. The van der Waals surface area contributed by atoms with E-state index in [4.69, 9.17) is 10.4 Å². The lowest BCUT2D eigenvalue weighted by Crippen LogP contribution is -2.12. The molecule has 4 aromatic heterocycles. The number of fused-ring (bicyclic) bond motifs is 1. The SMILES string of the molecule is CC(C)Nc1cc(-n2ncc3cc(C#N)cnc32)ncc1-c1cn(CCO)nn1. The first-order valence-electron chi connectivity index (χ1n) is 9.11. The zero-order valence-electron chi connectivity index (χ0n) is 16.0. The lowest BCUT2D eigenvalue weighted by molar-refractivity contribution is 0.268. The second-order valence-corrected chi connectivity index (χ2v) is 6.78. The first-order valence-corrected chi connectivity index (χ1v) is 9.11. The minimum Gasteiger partial charge on any atom is -0.394 e. The maximum Gasteiger partial charge on any atom is 0.164 e. The smallest absolute Gasteiger partial charge is 0.164 e. The van der Waals surface area contributed by atoms with Gasteiger partial charge in [0, 0.05) is 41.1 Å². The number of aliphatic hydroxyl groups is 1. The summed E-state index contributed by atoms with van der Waals surface area (Å²) in [6.45, 7) is 4.45. The van der Waals surface area contributed by atoms with E-state index in [0.29, 0.717) is 29.3 Å². The average Bonchev–Trinajstić information content (AvgIpc) is 3.34. The quantitative estimate of drug-likeness (QED) is 0.510. The standard InChI is InChI=1S/C19H19N9O/c1-12(2)24-16-6-18(21-10-15(16)17-11-27(3-4-29)26-25-17)28-19-14(9-23-28)5-13(7-20)8-22-19/h5-6,8-12,29H,3-4H2,1-2H3,(H,21,24). The average molecular weight is 389 g/mol. The van der Waals surface area contributed by atoms with Crippen LogP contribution in [0.3, 0.4) is 0 Å².